The molecule has 1 N–H and O–H groups in total. The van der Waals surface area contributed by atoms with Crippen LogP contribution in [-0.4, -0.2) is 14.7 Å². The average molecular weight is 363 g/mol. The molecule has 1 fully saturated rings. The van der Waals surface area contributed by atoms with Gasteiger partial charge in [0.05, 0.1) is 17.8 Å². The van der Waals surface area contributed by atoms with E-state index >= 15 is 0 Å². The van der Waals surface area contributed by atoms with Crippen molar-refractivity contribution < 1.29 is 0 Å². The van der Waals surface area contributed by atoms with Gasteiger partial charge >= 0.3 is 0 Å². The average Bonchev–Trinajstić information content (AvgIpc) is 3.25. The number of thiocarbonyl (C=S) groups is 1. The van der Waals surface area contributed by atoms with Gasteiger partial charge in [-0.3, -0.25) is 4.98 Å². The first-order valence-corrected chi connectivity index (χ1v) is 9.29. The van der Waals surface area contributed by atoms with Gasteiger partial charge in [-0.15, -0.1) is 0 Å². The minimum Gasteiger partial charge on any atom is -0.357 e. The van der Waals surface area contributed by atoms with E-state index in [9.17, 15) is 0 Å². The zero-order valence-electron chi connectivity index (χ0n) is 15.0. The molecule has 0 radical (unpaired) electrons. The van der Waals surface area contributed by atoms with E-state index in [0.29, 0.717) is 0 Å². The molecule has 2 atom stereocenters. The molecule has 4 rings (SSSR count). The number of nitrogens with one attached hydrogen (secondary N) is 1. The van der Waals surface area contributed by atoms with Crippen molar-refractivity contribution in [3.63, 3.8) is 0 Å². The van der Waals surface area contributed by atoms with Crippen LogP contribution >= 0.6 is 12.2 Å². The molecular formula is C21H22N4S. The molecule has 1 saturated heterocycles. The normalized spacial score (nSPS) is 19.6. The Morgan fingerprint density at radius 2 is 1.92 bits per heavy atom. The summed E-state index contributed by atoms with van der Waals surface area (Å²) >= 11 is 5.72. The molecular weight excluding hydrogens is 340 g/mol. The summed E-state index contributed by atoms with van der Waals surface area (Å²) in [6, 6.07) is 16.9. The van der Waals surface area contributed by atoms with E-state index in [-0.39, 0.29) is 12.1 Å². The molecule has 26 heavy (non-hydrogen) atoms. The van der Waals surface area contributed by atoms with Gasteiger partial charge in [-0.25, -0.2) is 0 Å². The predicted octanol–water partition coefficient (Wildman–Crippen LogP) is 4.16. The monoisotopic (exact) mass is 362 g/mol. The molecule has 2 aromatic heterocycles. The number of aryl methyl sites for hydroxylation is 2. The Labute approximate surface area is 159 Å². The molecule has 5 heteroatoms. The standard InChI is InChI=1S/C21H22N4S/c1-3-15-7-9-17(10-8-15)25-20(16-11-13-24(2)14-16)19(23-21(25)26)18-6-4-5-12-22-18/h4-14,19-20H,3H2,1-2H3,(H,23,26). The van der Waals surface area contributed by atoms with Gasteiger partial charge in [-0.2, -0.15) is 0 Å². The maximum absolute atomic E-state index is 5.72. The van der Waals surface area contributed by atoms with Crippen molar-refractivity contribution in [2.75, 3.05) is 4.90 Å². The number of hydrogen-bond donors (Lipinski definition) is 1. The van der Waals surface area contributed by atoms with E-state index < -0.39 is 0 Å². The molecule has 3 aromatic rings. The molecule has 3 heterocycles. The second-order valence-corrected chi connectivity index (χ2v) is 7.01. The van der Waals surface area contributed by atoms with Gasteiger partial charge in [0.25, 0.3) is 0 Å². The fraction of sp³-hybridized carbons (Fsp3) is 0.238. The van der Waals surface area contributed by atoms with Crippen molar-refractivity contribution in [2.24, 2.45) is 7.05 Å². The lowest BCUT2D eigenvalue weighted by Gasteiger charge is -2.27. The first-order valence-electron chi connectivity index (χ1n) is 8.89. The third kappa shape index (κ3) is 2.99. The molecule has 132 valence electrons. The maximum atomic E-state index is 5.72. The first kappa shape index (κ1) is 16.8. The third-order valence-corrected chi connectivity index (χ3v) is 5.23. The van der Waals surface area contributed by atoms with Crippen molar-refractivity contribution in [2.45, 2.75) is 25.4 Å². The van der Waals surface area contributed by atoms with Crippen LogP contribution in [0, 0.1) is 0 Å². The van der Waals surface area contributed by atoms with Crippen LogP contribution in [0.25, 0.3) is 0 Å². The van der Waals surface area contributed by atoms with Gasteiger partial charge in [0, 0.05) is 31.3 Å². The lowest BCUT2D eigenvalue weighted by molar-refractivity contribution is 0.567. The number of pyridine rings is 1. The molecule has 0 spiro atoms. The quantitative estimate of drug-likeness (QED) is 0.707. The molecule has 0 saturated carbocycles. The summed E-state index contributed by atoms with van der Waals surface area (Å²) in [7, 11) is 2.04. The van der Waals surface area contributed by atoms with Crippen LogP contribution < -0.4 is 10.2 Å². The van der Waals surface area contributed by atoms with Crippen LogP contribution in [0.1, 0.15) is 35.8 Å². The van der Waals surface area contributed by atoms with Crippen LogP contribution in [0.5, 0.6) is 0 Å². The van der Waals surface area contributed by atoms with Crippen LogP contribution in [-0.2, 0) is 13.5 Å². The van der Waals surface area contributed by atoms with Crippen molar-refractivity contribution in [1.82, 2.24) is 14.9 Å². The molecule has 2 unspecified atom stereocenters. The SMILES string of the molecule is CCc1ccc(N2C(=S)NC(c3ccccn3)C2c2ccn(C)c2)cc1. The second-order valence-electron chi connectivity index (χ2n) is 6.63. The summed E-state index contributed by atoms with van der Waals surface area (Å²) in [6.07, 6.45) is 7.09. The van der Waals surface area contributed by atoms with E-state index in [4.69, 9.17) is 12.2 Å². The molecule has 0 aliphatic carbocycles. The van der Waals surface area contributed by atoms with Gasteiger partial charge in [-0.1, -0.05) is 25.1 Å². The summed E-state index contributed by atoms with van der Waals surface area (Å²) in [4.78, 5) is 6.79. The zero-order valence-corrected chi connectivity index (χ0v) is 15.8. The summed E-state index contributed by atoms with van der Waals surface area (Å²) < 4.78 is 2.07. The highest BCUT2D eigenvalue weighted by atomic mass is 32.1. The minimum absolute atomic E-state index is 0.0111. The van der Waals surface area contributed by atoms with Crippen LogP contribution in [0.3, 0.4) is 0 Å². The molecule has 1 aromatic carbocycles. The smallest absolute Gasteiger partial charge is 0.174 e. The van der Waals surface area contributed by atoms with Crippen molar-refractivity contribution >= 4 is 23.0 Å². The Morgan fingerprint density at radius 3 is 2.54 bits per heavy atom. The lowest BCUT2D eigenvalue weighted by Crippen LogP contribution is -2.29. The fourth-order valence-electron chi connectivity index (χ4n) is 3.56. The number of hydrogen-bond acceptors (Lipinski definition) is 2. The number of aromatic nitrogens is 2. The summed E-state index contributed by atoms with van der Waals surface area (Å²) in [5.74, 6) is 0. The predicted molar refractivity (Wildman–Crippen MR) is 109 cm³/mol. The third-order valence-electron chi connectivity index (χ3n) is 4.92. The Hall–Kier alpha value is -2.66. The van der Waals surface area contributed by atoms with E-state index in [0.717, 1.165) is 22.9 Å². The topological polar surface area (TPSA) is 33.1 Å². The van der Waals surface area contributed by atoms with Crippen LogP contribution in [0.15, 0.2) is 67.1 Å². The number of rotatable bonds is 4. The first-order chi connectivity index (χ1) is 12.7. The van der Waals surface area contributed by atoms with E-state index in [1.807, 2.05) is 25.4 Å². The van der Waals surface area contributed by atoms with E-state index in [2.05, 4.69) is 75.5 Å². The second kappa shape index (κ2) is 6.92. The fourth-order valence-corrected chi connectivity index (χ4v) is 3.91. The number of nitrogens with zero attached hydrogens (tertiary/aromatic N) is 3. The molecule has 1 aliphatic rings. The lowest BCUT2D eigenvalue weighted by atomic mass is 9.98. The van der Waals surface area contributed by atoms with Gasteiger partial charge in [0.1, 0.15) is 0 Å². The van der Waals surface area contributed by atoms with Crippen LogP contribution in [0.2, 0.25) is 0 Å². The summed E-state index contributed by atoms with van der Waals surface area (Å²) in [5, 5.41) is 4.23. The number of anilines is 1. The Morgan fingerprint density at radius 1 is 1.12 bits per heavy atom. The summed E-state index contributed by atoms with van der Waals surface area (Å²) in [5.41, 5.74) is 4.64. The van der Waals surface area contributed by atoms with Crippen molar-refractivity contribution in [1.29, 1.82) is 0 Å². The highest BCUT2D eigenvalue weighted by Crippen LogP contribution is 2.41. The Bertz CT molecular complexity index is 901. The molecule has 4 nitrogen and oxygen atoms in total. The molecule has 1 aliphatic heterocycles. The number of benzene rings is 1. The maximum Gasteiger partial charge on any atom is 0.174 e. The van der Waals surface area contributed by atoms with E-state index in [1.54, 1.807) is 0 Å². The van der Waals surface area contributed by atoms with Crippen molar-refractivity contribution in [3.05, 3.63) is 83.9 Å². The van der Waals surface area contributed by atoms with Gasteiger partial charge < -0.3 is 14.8 Å². The zero-order chi connectivity index (χ0) is 18.1. The van der Waals surface area contributed by atoms with Gasteiger partial charge in [-0.05, 0) is 60.1 Å². The van der Waals surface area contributed by atoms with Crippen molar-refractivity contribution in [3.8, 4) is 0 Å². The largest absolute Gasteiger partial charge is 0.357 e. The molecule has 0 amide bonds. The summed E-state index contributed by atoms with van der Waals surface area (Å²) in [6.45, 7) is 2.17. The highest BCUT2D eigenvalue weighted by molar-refractivity contribution is 7.80. The van der Waals surface area contributed by atoms with Crippen LogP contribution in [0.4, 0.5) is 5.69 Å². The Balaban J connectivity index is 1.79. The molecule has 0 bridgehead atoms. The Kier molecular flexibility index (Phi) is 4.47. The van der Waals surface area contributed by atoms with E-state index in [1.165, 1.54) is 11.1 Å². The minimum atomic E-state index is 0.0111. The van der Waals surface area contributed by atoms with Gasteiger partial charge in [0.15, 0.2) is 5.11 Å². The highest BCUT2D eigenvalue weighted by Gasteiger charge is 2.40. The van der Waals surface area contributed by atoms with Gasteiger partial charge in [0.2, 0.25) is 0 Å².